The summed E-state index contributed by atoms with van der Waals surface area (Å²) in [7, 11) is 0. The molecule has 0 aliphatic heterocycles. The molecule has 3 rings (SSSR count). The molecule has 0 saturated heterocycles. The van der Waals surface area contributed by atoms with Crippen molar-refractivity contribution in [2.45, 2.75) is 20.4 Å². The Morgan fingerprint density at radius 1 is 1.04 bits per heavy atom. The molecule has 0 spiro atoms. The fourth-order valence-corrected chi connectivity index (χ4v) is 2.58. The second-order valence-electron chi connectivity index (χ2n) is 5.99. The molecule has 0 fully saturated rings. The average molecular weight is 367 g/mol. The van der Waals surface area contributed by atoms with Gasteiger partial charge in [-0.15, -0.1) is 0 Å². The van der Waals surface area contributed by atoms with E-state index in [-0.39, 0.29) is 5.91 Å². The number of carbonyl (C=O) groups is 1. The summed E-state index contributed by atoms with van der Waals surface area (Å²) < 4.78 is 0. The number of amides is 1. The van der Waals surface area contributed by atoms with Crippen molar-refractivity contribution in [2.24, 2.45) is 0 Å². The Hall–Kier alpha value is -2.92. The molecule has 0 saturated carbocycles. The number of anilines is 2. The van der Waals surface area contributed by atoms with Gasteiger partial charge in [0.05, 0.1) is 5.56 Å². The van der Waals surface area contributed by atoms with E-state index in [1.54, 1.807) is 0 Å². The van der Waals surface area contributed by atoms with E-state index in [2.05, 4.69) is 20.6 Å². The first kappa shape index (κ1) is 17.9. The first-order chi connectivity index (χ1) is 12.5. The number of hydrogen-bond acceptors (Lipinski definition) is 4. The van der Waals surface area contributed by atoms with Crippen LogP contribution in [0.2, 0.25) is 5.02 Å². The Bertz CT molecular complexity index is 925. The summed E-state index contributed by atoms with van der Waals surface area (Å²) in [6, 6.07) is 13.4. The van der Waals surface area contributed by atoms with E-state index in [4.69, 9.17) is 11.6 Å². The van der Waals surface area contributed by atoms with E-state index in [9.17, 15) is 4.79 Å². The summed E-state index contributed by atoms with van der Waals surface area (Å²) >= 11 is 6.12. The van der Waals surface area contributed by atoms with Crippen LogP contribution in [-0.2, 0) is 6.54 Å². The van der Waals surface area contributed by atoms with E-state index >= 15 is 0 Å². The molecule has 2 N–H and O–H groups in total. The fourth-order valence-electron chi connectivity index (χ4n) is 2.38. The Morgan fingerprint density at radius 2 is 1.77 bits per heavy atom. The van der Waals surface area contributed by atoms with Crippen LogP contribution in [0.4, 0.5) is 11.6 Å². The molecule has 1 heterocycles. The maximum atomic E-state index is 12.3. The molecule has 0 unspecified atom stereocenters. The van der Waals surface area contributed by atoms with Gasteiger partial charge in [-0.25, -0.2) is 9.97 Å². The number of rotatable bonds is 5. The number of aryl methyl sites for hydroxylation is 2. The molecule has 0 radical (unpaired) electrons. The summed E-state index contributed by atoms with van der Waals surface area (Å²) in [6.45, 7) is 4.55. The number of halogens is 1. The quantitative estimate of drug-likeness (QED) is 0.691. The van der Waals surface area contributed by atoms with Crippen molar-refractivity contribution in [1.82, 2.24) is 9.97 Å². The number of nitrogens with zero attached hydrogens (tertiary/aromatic N) is 2. The third-order valence-corrected chi connectivity index (χ3v) is 4.44. The minimum Gasteiger partial charge on any atom is -0.350 e. The minimum atomic E-state index is -0.245. The van der Waals surface area contributed by atoms with Gasteiger partial charge in [0.2, 0.25) is 5.95 Å². The predicted molar refractivity (Wildman–Crippen MR) is 105 cm³/mol. The Morgan fingerprint density at radius 3 is 2.46 bits per heavy atom. The summed E-state index contributed by atoms with van der Waals surface area (Å²) in [5, 5.41) is 6.63. The second kappa shape index (κ2) is 7.97. The van der Waals surface area contributed by atoms with Gasteiger partial charge in [-0.05, 0) is 48.7 Å². The number of carbonyl (C=O) groups excluding carboxylic acids is 1. The SMILES string of the molecule is Cc1ccc(NC(=O)c2cnc(NCc3ccccc3Cl)nc2)cc1C. The van der Waals surface area contributed by atoms with Crippen LogP contribution < -0.4 is 10.6 Å². The molecule has 2 aromatic carbocycles. The third kappa shape index (κ3) is 4.37. The lowest BCUT2D eigenvalue weighted by Gasteiger charge is -2.09. The van der Waals surface area contributed by atoms with Crippen molar-refractivity contribution in [3.8, 4) is 0 Å². The smallest absolute Gasteiger partial charge is 0.258 e. The molecule has 3 aromatic rings. The van der Waals surface area contributed by atoms with Crippen molar-refractivity contribution in [3.63, 3.8) is 0 Å². The molecule has 6 heteroatoms. The van der Waals surface area contributed by atoms with E-state index in [1.807, 2.05) is 56.3 Å². The zero-order valence-electron chi connectivity index (χ0n) is 14.6. The maximum absolute atomic E-state index is 12.3. The van der Waals surface area contributed by atoms with Gasteiger partial charge in [-0.3, -0.25) is 4.79 Å². The Kier molecular flexibility index (Phi) is 5.49. The van der Waals surface area contributed by atoms with Crippen LogP contribution in [0, 0.1) is 13.8 Å². The van der Waals surface area contributed by atoms with Gasteiger partial charge in [-0.2, -0.15) is 0 Å². The van der Waals surface area contributed by atoms with Gasteiger partial charge >= 0.3 is 0 Å². The average Bonchev–Trinajstić information content (AvgIpc) is 2.64. The first-order valence-electron chi connectivity index (χ1n) is 8.21. The standard InChI is InChI=1S/C20H19ClN4O/c1-13-7-8-17(9-14(13)2)25-19(26)16-11-23-20(24-12-16)22-10-15-5-3-4-6-18(15)21/h3-9,11-12H,10H2,1-2H3,(H,25,26)(H,22,23,24). The van der Waals surface area contributed by atoms with Crippen LogP contribution in [0.3, 0.4) is 0 Å². The molecule has 1 amide bonds. The van der Waals surface area contributed by atoms with Gasteiger partial charge < -0.3 is 10.6 Å². The topological polar surface area (TPSA) is 66.9 Å². The fraction of sp³-hybridized carbons (Fsp3) is 0.150. The normalized spacial score (nSPS) is 10.4. The van der Waals surface area contributed by atoms with E-state index < -0.39 is 0 Å². The highest BCUT2D eigenvalue weighted by Crippen LogP contribution is 2.17. The Labute approximate surface area is 157 Å². The predicted octanol–water partition coefficient (Wildman–Crippen LogP) is 4.61. The highest BCUT2D eigenvalue weighted by atomic mass is 35.5. The van der Waals surface area contributed by atoms with Crippen molar-refractivity contribution in [3.05, 3.63) is 82.1 Å². The molecule has 26 heavy (non-hydrogen) atoms. The number of benzene rings is 2. The van der Waals surface area contributed by atoms with Crippen LogP contribution in [0.15, 0.2) is 54.9 Å². The van der Waals surface area contributed by atoms with Gasteiger partial charge in [0, 0.05) is 29.6 Å². The molecular weight excluding hydrogens is 348 g/mol. The molecule has 132 valence electrons. The maximum Gasteiger partial charge on any atom is 0.258 e. The zero-order valence-corrected chi connectivity index (χ0v) is 15.3. The van der Waals surface area contributed by atoms with E-state index in [0.29, 0.717) is 23.1 Å². The van der Waals surface area contributed by atoms with Crippen molar-refractivity contribution in [2.75, 3.05) is 10.6 Å². The van der Waals surface area contributed by atoms with Crippen LogP contribution in [0.1, 0.15) is 27.0 Å². The zero-order chi connectivity index (χ0) is 18.5. The van der Waals surface area contributed by atoms with Crippen LogP contribution >= 0.6 is 11.6 Å². The highest BCUT2D eigenvalue weighted by Gasteiger charge is 2.08. The van der Waals surface area contributed by atoms with Gasteiger partial charge in [-0.1, -0.05) is 35.9 Å². The minimum absolute atomic E-state index is 0.245. The number of aromatic nitrogens is 2. The monoisotopic (exact) mass is 366 g/mol. The van der Waals surface area contributed by atoms with Crippen LogP contribution in [-0.4, -0.2) is 15.9 Å². The molecule has 0 aliphatic rings. The lowest BCUT2D eigenvalue weighted by Crippen LogP contribution is -2.13. The molecule has 0 atom stereocenters. The summed E-state index contributed by atoms with van der Waals surface area (Å²) in [5.41, 5.74) is 4.40. The summed E-state index contributed by atoms with van der Waals surface area (Å²) in [5.74, 6) is 0.193. The van der Waals surface area contributed by atoms with Gasteiger partial charge in [0.25, 0.3) is 5.91 Å². The molecule has 5 nitrogen and oxygen atoms in total. The van der Waals surface area contributed by atoms with E-state index in [0.717, 1.165) is 16.8 Å². The van der Waals surface area contributed by atoms with Crippen molar-refractivity contribution in [1.29, 1.82) is 0 Å². The lowest BCUT2D eigenvalue weighted by molar-refractivity contribution is 0.102. The van der Waals surface area contributed by atoms with Crippen LogP contribution in [0.25, 0.3) is 0 Å². The second-order valence-corrected chi connectivity index (χ2v) is 6.40. The number of nitrogens with one attached hydrogen (secondary N) is 2. The largest absolute Gasteiger partial charge is 0.350 e. The molecule has 0 aliphatic carbocycles. The highest BCUT2D eigenvalue weighted by molar-refractivity contribution is 6.31. The summed E-state index contributed by atoms with van der Waals surface area (Å²) in [4.78, 5) is 20.7. The lowest BCUT2D eigenvalue weighted by atomic mass is 10.1. The third-order valence-electron chi connectivity index (χ3n) is 4.07. The summed E-state index contributed by atoms with van der Waals surface area (Å²) in [6.07, 6.45) is 3.00. The molecule has 1 aromatic heterocycles. The van der Waals surface area contributed by atoms with Crippen LogP contribution in [0.5, 0.6) is 0 Å². The molecular formula is C20H19ClN4O. The first-order valence-corrected chi connectivity index (χ1v) is 8.58. The Balaban J connectivity index is 1.62. The van der Waals surface area contributed by atoms with Crippen molar-refractivity contribution >= 4 is 29.1 Å². The molecule has 0 bridgehead atoms. The van der Waals surface area contributed by atoms with Crippen molar-refractivity contribution < 1.29 is 4.79 Å². The van der Waals surface area contributed by atoms with E-state index in [1.165, 1.54) is 18.0 Å². The van der Waals surface area contributed by atoms with Gasteiger partial charge in [0.15, 0.2) is 0 Å². The van der Waals surface area contributed by atoms with Gasteiger partial charge in [0.1, 0.15) is 0 Å². The number of hydrogen-bond donors (Lipinski definition) is 2.